The summed E-state index contributed by atoms with van der Waals surface area (Å²) >= 11 is 5.82. The lowest BCUT2D eigenvalue weighted by Crippen LogP contribution is -2.10. The van der Waals surface area contributed by atoms with E-state index in [9.17, 15) is 9.18 Å². The molecular weight excluding hydrogens is 247 g/mol. The summed E-state index contributed by atoms with van der Waals surface area (Å²) < 4.78 is 18.4. The fraction of sp³-hybridized carbons (Fsp3) is 0.364. The highest BCUT2D eigenvalue weighted by atomic mass is 35.5. The van der Waals surface area contributed by atoms with Gasteiger partial charge < -0.3 is 16.2 Å². The standard InChI is InChI=1S/C11H14ClFN2O2/c12-7-5-9(14)8(13)6-10(7)17-4-2-1-3-11(15)16/h5-6H,1-4,14H2,(H2,15,16). The summed E-state index contributed by atoms with van der Waals surface area (Å²) in [5.74, 6) is -0.666. The number of ether oxygens (including phenoxy) is 1. The highest BCUT2D eigenvalue weighted by molar-refractivity contribution is 6.32. The highest BCUT2D eigenvalue weighted by Gasteiger charge is 2.07. The second-order valence-corrected chi connectivity index (χ2v) is 3.98. The van der Waals surface area contributed by atoms with E-state index in [1.54, 1.807) is 0 Å². The number of hydrogen-bond acceptors (Lipinski definition) is 3. The second-order valence-electron chi connectivity index (χ2n) is 3.58. The molecule has 0 heterocycles. The first kappa shape index (κ1) is 13.6. The number of benzene rings is 1. The molecule has 0 saturated heterocycles. The van der Waals surface area contributed by atoms with Crippen molar-refractivity contribution in [1.82, 2.24) is 0 Å². The van der Waals surface area contributed by atoms with E-state index in [2.05, 4.69) is 0 Å². The predicted octanol–water partition coefficient (Wildman–Crippen LogP) is 2.10. The minimum absolute atomic E-state index is 0.0175. The minimum atomic E-state index is -0.568. The molecule has 0 atom stereocenters. The molecule has 4 N–H and O–H groups in total. The number of carbonyl (C=O) groups is 1. The van der Waals surface area contributed by atoms with Crippen LogP contribution < -0.4 is 16.2 Å². The first-order valence-corrected chi connectivity index (χ1v) is 5.54. The SMILES string of the molecule is NC(=O)CCCCOc1cc(F)c(N)cc1Cl. The Kier molecular flexibility index (Phi) is 5.03. The molecule has 0 aliphatic heterocycles. The van der Waals surface area contributed by atoms with Crippen LogP contribution in [0.25, 0.3) is 0 Å². The molecule has 0 saturated carbocycles. The summed E-state index contributed by atoms with van der Waals surface area (Å²) in [6.45, 7) is 0.344. The summed E-state index contributed by atoms with van der Waals surface area (Å²) in [7, 11) is 0. The molecule has 17 heavy (non-hydrogen) atoms. The molecule has 4 nitrogen and oxygen atoms in total. The van der Waals surface area contributed by atoms with Gasteiger partial charge in [0, 0.05) is 12.5 Å². The number of rotatable bonds is 6. The fourth-order valence-electron chi connectivity index (χ4n) is 1.24. The van der Waals surface area contributed by atoms with Crippen molar-refractivity contribution in [2.24, 2.45) is 5.73 Å². The lowest BCUT2D eigenvalue weighted by atomic mass is 10.2. The van der Waals surface area contributed by atoms with Crippen molar-refractivity contribution in [3.63, 3.8) is 0 Å². The van der Waals surface area contributed by atoms with Gasteiger partial charge in [-0.3, -0.25) is 4.79 Å². The van der Waals surface area contributed by atoms with Crippen molar-refractivity contribution in [2.75, 3.05) is 12.3 Å². The van der Waals surface area contributed by atoms with E-state index in [4.69, 9.17) is 27.8 Å². The number of primary amides is 1. The van der Waals surface area contributed by atoms with Gasteiger partial charge in [-0.05, 0) is 18.9 Å². The predicted molar refractivity (Wildman–Crippen MR) is 64.4 cm³/mol. The summed E-state index contributed by atoms with van der Waals surface area (Å²) in [6.07, 6.45) is 1.59. The zero-order valence-electron chi connectivity index (χ0n) is 9.21. The Bertz CT molecular complexity index is 413. The third kappa shape index (κ3) is 4.48. The molecule has 1 aromatic carbocycles. The summed E-state index contributed by atoms with van der Waals surface area (Å²) in [4.78, 5) is 10.5. The average Bonchev–Trinajstić information content (AvgIpc) is 2.24. The number of nitrogen functional groups attached to an aromatic ring is 1. The molecule has 0 aromatic heterocycles. The second kappa shape index (κ2) is 6.30. The molecule has 6 heteroatoms. The Morgan fingerprint density at radius 3 is 2.76 bits per heavy atom. The quantitative estimate of drug-likeness (QED) is 0.607. The lowest BCUT2D eigenvalue weighted by Gasteiger charge is -2.08. The first-order valence-electron chi connectivity index (χ1n) is 5.16. The molecule has 1 aromatic rings. The maximum absolute atomic E-state index is 13.1. The molecule has 1 rings (SSSR count). The molecular formula is C11H14ClFN2O2. The molecule has 0 aliphatic carbocycles. The van der Waals surface area contributed by atoms with Gasteiger partial charge in [-0.1, -0.05) is 11.6 Å². The largest absolute Gasteiger partial charge is 0.492 e. The number of anilines is 1. The van der Waals surface area contributed by atoms with Gasteiger partial charge in [0.25, 0.3) is 0 Å². The van der Waals surface area contributed by atoms with Gasteiger partial charge in [-0.25, -0.2) is 4.39 Å². The summed E-state index contributed by atoms with van der Waals surface area (Å²) in [5, 5.41) is 0.263. The fourth-order valence-corrected chi connectivity index (χ4v) is 1.46. The highest BCUT2D eigenvalue weighted by Crippen LogP contribution is 2.28. The van der Waals surface area contributed by atoms with Crippen LogP contribution in [0.2, 0.25) is 5.02 Å². The van der Waals surface area contributed by atoms with E-state index >= 15 is 0 Å². The van der Waals surface area contributed by atoms with Crippen molar-refractivity contribution >= 4 is 23.2 Å². The van der Waals surface area contributed by atoms with E-state index in [1.165, 1.54) is 6.07 Å². The van der Waals surface area contributed by atoms with Gasteiger partial charge in [0.2, 0.25) is 5.91 Å². The van der Waals surface area contributed by atoms with Crippen LogP contribution in [0.1, 0.15) is 19.3 Å². The van der Waals surface area contributed by atoms with Crippen LogP contribution in [0.3, 0.4) is 0 Å². The Hall–Kier alpha value is -1.49. The Morgan fingerprint density at radius 1 is 1.41 bits per heavy atom. The van der Waals surface area contributed by atoms with Gasteiger partial charge in [0.1, 0.15) is 11.6 Å². The number of hydrogen-bond donors (Lipinski definition) is 2. The van der Waals surface area contributed by atoms with Crippen LogP contribution in [0, 0.1) is 5.82 Å². The van der Waals surface area contributed by atoms with Gasteiger partial charge in [0.05, 0.1) is 17.3 Å². The number of carbonyl (C=O) groups excluding carboxylic acids is 1. The molecule has 0 unspecified atom stereocenters. The lowest BCUT2D eigenvalue weighted by molar-refractivity contribution is -0.118. The summed E-state index contributed by atoms with van der Waals surface area (Å²) in [6, 6.07) is 2.45. The van der Waals surface area contributed by atoms with Crippen LogP contribution >= 0.6 is 11.6 Å². The van der Waals surface area contributed by atoms with Gasteiger partial charge >= 0.3 is 0 Å². The van der Waals surface area contributed by atoms with Crippen LogP contribution in [-0.2, 0) is 4.79 Å². The van der Waals surface area contributed by atoms with E-state index < -0.39 is 5.82 Å². The minimum Gasteiger partial charge on any atom is -0.492 e. The van der Waals surface area contributed by atoms with E-state index in [-0.39, 0.29) is 22.4 Å². The van der Waals surface area contributed by atoms with Crippen molar-refractivity contribution in [1.29, 1.82) is 0 Å². The van der Waals surface area contributed by atoms with E-state index in [1.807, 2.05) is 0 Å². The molecule has 0 aliphatic rings. The molecule has 1 amide bonds. The van der Waals surface area contributed by atoms with Crippen molar-refractivity contribution < 1.29 is 13.9 Å². The average molecular weight is 261 g/mol. The van der Waals surface area contributed by atoms with Crippen LogP contribution in [-0.4, -0.2) is 12.5 Å². The number of unbranched alkanes of at least 4 members (excludes halogenated alkanes) is 1. The maximum atomic E-state index is 13.1. The van der Waals surface area contributed by atoms with Crippen molar-refractivity contribution in [3.8, 4) is 5.75 Å². The normalized spacial score (nSPS) is 10.2. The topological polar surface area (TPSA) is 78.3 Å². The zero-order chi connectivity index (χ0) is 12.8. The molecule has 0 spiro atoms. The molecule has 0 fully saturated rings. The molecule has 0 bridgehead atoms. The van der Waals surface area contributed by atoms with Gasteiger partial charge in [-0.2, -0.15) is 0 Å². The van der Waals surface area contributed by atoms with Crippen molar-refractivity contribution in [3.05, 3.63) is 23.0 Å². The summed E-state index contributed by atoms with van der Waals surface area (Å²) in [5.41, 5.74) is 10.3. The zero-order valence-corrected chi connectivity index (χ0v) is 9.97. The number of amides is 1. The number of halogens is 2. The monoisotopic (exact) mass is 260 g/mol. The van der Waals surface area contributed by atoms with Gasteiger partial charge in [-0.15, -0.1) is 0 Å². The van der Waals surface area contributed by atoms with Gasteiger partial charge in [0.15, 0.2) is 0 Å². The van der Waals surface area contributed by atoms with Crippen molar-refractivity contribution in [2.45, 2.75) is 19.3 Å². The van der Waals surface area contributed by atoms with E-state index in [0.29, 0.717) is 25.9 Å². The Morgan fingerprint density at radius 2 is 2.12 bits per heavy atom. The molecule has 94 valence electrons. The molecule has 0 radical (unpaired) electrons. The van der Waals surface area contributed by atoms with Crippen LogP contribution in [0.4, 0.5) is 10.1 Å². The van der Waals surface area contributed by atoms with Crippen LogP contribution in [0.5, 0.6) is 5.75 Å². The Labute approximate surface area is 104 Å². The third-order valence-corrected chi connectivity index (χ3v) is 2.42. The van der Waals surface area contributed by atoms with E-state index in [0.717, 1.165) is 6.07 Å². The third-order valence-electron chi connectivity index (χ3n) is 2.13. The van der Waals surface area contributed by atoms with Crippen LogP contribution in [0.15, 0.2) is 12.1 Å². The smallest absolute Gasteiger partial charge is 0.217 e. The number of nitrogens with two attached hydrogens (primary N) is 2. The first-order chi connectivity index (χ1) is 8.00. The maximum Gasteiger partial charge on any atom is 0.217 e. The Balaban J connectivity index is 2.41.